The number of amides is 1. The highest BCUT2D eigenvalue weighted by Crippen LogP contribution is 2.28. The monoisotopic (exact) mass is 326 g/mol. The summed E-state index contributed by atoms with van der Waals surface area (Å²) in [6, 6.07) is 5.59. The highest BCUT2D eigenvalue weighted by Gasteiger charge is 2.22. The summed E-state index contributed by atoms with van der Waals surface area (Å²) in [6.07, 6.45) is 1.67. The molecule has 1 aromatic carbocycles. The number of methoxy groups -OCH3 is 1. The van der Waals surface area contributed by atoms with Gasteiger partial charge >= 0.3 is 0 Å². The lowest BCUT2D eigenvalue weighted by Gasteiger charge is -2.32. The summed E-state index contributed by atoms with van der Waals surface area (Å²) in [5, 5.41) is 3.33. The number of hydrogen-bond acceptors (Lipinski definition) is 4. The summed E-state index contributed by atoms with van der Waals surface area (Å²) in [4.78, 5) is 14.4. The molecule has 22 heavy (non-hydrogen) atoms. The molecule has 1 atom stereocenters. The van der Waals surface area contributed by atoms with Gasteiger partial charge in [-0.2, -0.15) is 0 Å². The molecule has 1 aliphatic heterocycles. The van der Waals surface area contributed by atoms with Gasteiger partial charge in [-0.15, -0.1) is 12.4 Å². The van der Waals surface area contributed by atoms with Crippen molar-refractivity contribution in [1.82, 2.24) is 10.2 Å². The molecule has 6 heteroatoms. The van der Waals surface area contributed by atoms with Crippen molar-refractivity contribution in [2.45, 2.75) is 13.0 Å². The molecule has 1 heterocycles. The molecule has 1 fully saturated rings. The molecule has 0 spiro atoms. The summed E-state index contributed by atoms with van der Waals surface area (Å²) >= 11 is 0. The van der Waals surface area contributed by atoms with Gasteiger partial charge in [0, 0.05) is 31.2 Å². The third-order valence-electron chi connectivity index (χ3n) is 3.42. The minimum atomic E-state index is 0. The molecule has 122 valence electrons. The molecule has 1 amide bonds. The molecule has 0 saturated carbocycles. The number of halogens is 1. The Kier molecular flexibility index (Phi) is 7.21. The molecular weight excluding hydrogens is 304 g/mol. The number of carbonyl (C=O) groups is 1. The first-order valence-corrected chi connectivity index (χ1v) is 7.10. The zero-order valence-corrected chi connectivity index (χ0v) is 13.8. The Morgan fingerprint density at radius 2 is 2.27 bits per heavy atom. The third kappa shape index (κ3) is 4.39. The maximum Gasteiger partial charge on any atom is 0.254 e. The third-order valence-corrected chi connectivity index (χ3v) is 3.42. The molecule has 1 aromatic rings. The predicted molar refractivity (Wildman–Crippen MR) is 89.3 cm³/mol. The summed E-state index contributed by atoms with van der Waals surface area (Å²) in [5.74, 6) is 1.20. The van der Waals surface area contributed by atoms with Gasteiger partial charge < -0.3 is 19.7 Å². The minimum absolute atomic E-state index is 0. The van der Waals surface area contributed by atoms with Crippen molar-refractivity contribution in [3.63, 3.8) is 0 Å². The van der Waals surface area contributed by atoms with Crippen molar-refractivity contribution in [1.29, 1.82) is 0 Å². The Balaban J connectivity index is 0.00000242. The van der Waals surface area contributed by atoms with Crippen LogP contribution in [0.15, 0.2) is 30.9 Å². The first kappa shape index (κ1) is 18.3. The van der Waals surface area contributed by atoms with Crippen LogP contribution in [0.3, 0.4) is 0 Å². The van der Waals surface area contributed by atoms with Gasteiger partial charge in [-0.05, 0) is 25.1 Å². The van der Waals surface area contributed by atoms with Crippen molar-refractivity contribution in [3.05, 3.63) is 36.4 Å². The Morgan fingerprint density at radius 3 is 2.91 bits per heavy atom. The van der Waals surface area contributed by atoms with Crippen LogP contribution >= 0.6 is 12.4 Å². The molecule has 0 aromatic heterocycles. The Morgan fingerprint density at radius 1 is 1.50 bits per heavy atom. The Hall–Kier alpha value is -1.72. The fraction of sp³-hybridized carbons (Fsp3) is 0.438. The number of hydrogen-bond donors (Lipinski definition) is 1. The summed E-state index contributed by atoms with van der Waals surface area (Å²) in [6.45, 7) is 8.35. The number of carbonyl (C=O) groups excluding carboxylic acids is 1. The number of ether oxygens (including phenoxy) is 2. The lowest BCUT2D eigenvalue weighted by molar-refractivity contribution is 0.0708. The maximum atomic E-state index is 12.5. The minimum Gasteiger partial charge on any atom is -0.493 e. The number of nitrogens with zero attached hydrogens (tertiary/aromatic N) is 1. The Labute approximate surface area is 137 Å². The van der Waals surface area contributed by atoms with Gasteiger partial charge in [0.15, 0.2) is 11.5 Å². The molecule has 0 radical (unpaired) electrons. The molecule has 1 unspecified atom stereocenters. The first-order valence-electron chi connectivity index (χ1n) is 7.10. The van der Waals surface area contributed by atoms with E-state index in [1.165, 1.54) is 0 Å². The van der Waals surface area contributed by atoms with E-state index >= 15 is 0 Å². The zero-order valence-electron chi connectivity index (χ0n) is 13.0. The second kappa shape index (κ2) is 8.66. The predicted octanol–water partition coefficient (Wildman–Crippen LogP) is 2.12. The van der Waals surface area contributed by atoms with Crippen LogP contribution in [-0.4, -0.2) is 50.2 Å². The average molecular weight is 327 g/mol. The molecule has 1 saturated heterocycles. The van der Waals surface area contributed by atoms with E-state index < -0.39 is 0 Å². The molecule has 0 bridgehead atoms. The lowest BCUT2D eigenvalue weighted by Crippen LogP contribution is -2.51. The second-order valence-corrected chi connectivity index (χ2v) is 5.07. The molecule has 0 aliphatic carbocycles. The van der Waals surface area contributed by atoms with E-state index in [9.17, 15) is 4.79 Å². The smallest absolute Gasteiger partial charge is 0.254 e. The summed E-state index contributed by atoms with van der Waals surface area (Å²) in [5.41, 5.74) is 0.618. The fourth-order valence-electron chi connectivity index (χ4n) is 2.37. The Bertz CT molecular complexity index is 522. The quantitative estimate of drug-likeness (QED) is 0.842. The highest BCUT2D eigenvalue weighted by molar-refractivity contribution is 5.95. The van der Waals surface area contributed by atoms with Crippen LogP contribution in [0.1, 0.15) is 17.3 Å². The number of rotatable bonds is 5. The van der Waals surface area contributed by atoms with Gasteiger partial charge in [-0.1, -0.05) is 12.7 Å². The van der Waals surface area contributed by atoms with E-state index in [1.54, 1.807) is 31.4 Å². The topological polar surface area (TPSA) is 50.8 Å². The van der Waals surface area contributed by atoms with Crippen LogP contribution in [0.2, 0.25) is 0 Å². The number of nitrogens with one attached hydrogen (secondary N) is 1. The fourth-order valence-corrected chi connectivity index (χ4v) is 2.37. The number of piperazine rings is 1. The molecular formula is C16H23ClN2O3. The van der Waals surface area contributed by atoms with Crippen molar-refractivity contribution in [2.75, 3.05) is 33.4 Å². The van der Waals surface area contributed by atoms with Crippen molar-refractivity contribution in [2.24, 2.45) is 0 Å². The van der Waals surface area contributed by atoms with E-state index in [4.69, 9.17) is 9.47 Å². The van der Waals surface area contributed by atoms with Crippen LogP contribution < -0.4 is 14.8 Å². The van der Waals surface area contributed by atoms with Crippen LogP contribution in [0.25, 0.3) is 0 Å². The van der Waals surface area contributed by atoms with Crippen LogP contribution in [0, 0.1) is 0 Å². The van der Waals surface area contributed by atoms with Gasteiger partial charge in [0.25, 0.3) is 5.91 Å². The van der Waals surface area contributed by atoms with Crippen LogP contribution in [0.5, 0.6) is 11.5 Å². The van der Waals surface area contributed by atoms with Crippen LogP contribution in [0.4, 0.5) is 0 Å². The second-order valence-electron chi connectivity index (χ2n) is 5.07. The standard InChI is InChI=1S/C16H22N2O3.ClH/c1-4-9-21-14-6-5-13(10-15(14)20-3)16(19)18-8-7-17-12(2)11-18;/h4-6,10,12,17H,1,7-9,11H2,2-3H3;1H. The molecule has 2 rings (SSSR count). The van der Waals surface area contributed by atoms with E-state index in [0.717, 1.165) is 19.6 Å². The van der Waals surface area contributed by atoms with Crippen LogP contribution in [-0.2, 0) is 0 Å². The van der Waals surface area contributed by atoms with Gasteiger partial charge in [-0.3, -0.25) is 4.79 Å². The SMILES string of the molecule is C=CCOc1ccc(C(=O)N2CCNC(C)C2)cc1OC.Cl. The van der Waals surface area contributed by atoms with E-state index in [1.807, 2.05) is 4.90 Å². The van der Waals surface area contributed by atoms with Gasteiger partial charge in [-0.25, -0.2) is 0 Å². The number of benzene rings is 1. The highest BCUT2D eigenvalue weighted by atomic mass is 35.5. The van der Waals surface area contributed by atoms with Gasteiger partial charge in [0.1, 0.15) is 6.61 Å². The van der Waals surface area contributed by atoms with Crippen molar-refractivity contribution in [3.8, 4) is 11.5 Å². The maximum absolute atomic E-state index is 12.5. The first-order chi connectivity index (χ1) is 10.2. The van der Waals surface area contributed by atoms with Crippen molar-refractivity contribution < 1.29 is 14.3 Å². The average Bonchev–Trinajstić information content (AvgIpc) is 2.52. The summed E-state index contributed by atoms with van der Waals surface area (Å²) < 4.78 is 10.8. The van der Waals surface area contributed by atoms with E-state index in [0.29, 0.717) is 29.7 Å². The van der Waals surface area contributed by atoms with Crippen molar-refractivity contribution >= 4 is 18.3 Å². The van der Waals surface area contributed by atoms with E-state index in [-0.39, 0.29) is 18.3 Å². The molecule has 5 nitrogen and oxygen atoms in total. The molecule has 1 N–H and O–H groups in total. The molecule has 1 aliphatic rings. The van der Waals surface area contributed by atoms with Gasteiger partial charge in [0.05, 0.1) is 7.11 Å². The summed E-state index contributed by atoms with van der Waals surface area (Å²) in [7, 11) is 1.57. The zero-order chi connectivity index (χ0) is 15.2. The van der Waals surface area contributed by atoms with E-state index in [2.05, 4.69) is 18.8 Å². The lowest BCUT2D eigenvalue weighted by atomic mass is 10.1. The normalized spacial score (nSPS) is 17.4. The van der Waals surface area contributed by atoms with Gasteiger partial charge in [0.2, 0.25) is 0 Å². The largest absolute Gasteiger partial charge is 0.493 e.